The van der Waals surface area contributed by atoms with Crippen LogP contribution in [0.2, 0.25) is 0 Å². The first-order valence-electron chi connectivity index (χ1n) is 3.09. The molecule has 0 fully saturated rings. The first-order valence-corrected chi connectivity index (χ1v) is 3.09. The largest absolute Gasteiger partial charge is 0.328 e. The summed E-state index contributed by atoms with van der Waals surface area (Å²) in [4.78, 5) is 0. The summed E-state index contributed by atoms with van der Waals surface area (Å²) in [5.74, 6) is 0. The molecule has 0 saturated heterocycles. The lowest BCUT2D eigenvalue weighted by molar-refractivity contribution is 0.513. The van der Waals surface area contributed by atoms with Gasteiger partial charge in [-0.25, -0.2) is 0 Å². The maximum Gasteiger partial charge on any atom is 0.00503 e. The Hall–Kier alpha value is -0.0800. The molecule has 0 aromatic heterocycles. The molecule has 50 valence electrons. The fourth-order valence-electron chi connectivity index (χ4n) is 0.676. The van der Waals surface area contributed by atoms with E-state index in [0.717, 1.165) is 6.42 Å². The van der Waals surface area contributed by atoms with Gasteiger partial charge in [-0.15, -0.1) is 0 Å². The second-order valence-electron chi connectivity index (χ2n) is 2.40. The van der Waals surface area contributed by atoms with E-state index in [-0.39, 0.29) is 0 Å². The van der Waals surface area contributed by atoms with Gasteiger partial charge in [-0.1, -0.05) is 0 Å². The van der Waals surface area contributed by atoms with Gasteiger partial charge in [0, 0.05) is 12.1 Å². The minimum Gasteiger partial charge on any atom is -0.328 e. The molecule has 0 aliphatic heterocycles. The predicted octanol–water partition coefficient (Wildman–Crippen LogP) is 0.332. The number of nitrogens with two attached hydrogens (primary N) is 1. The van der Waals surface area contributed by atoms with Gasteiger partial charge in [-0.05, 0) is 27.3 Å². The number of rotatable bonds is 3. The smallest absolute Gasteiger partial charge is 0.00503 e. The molecule has 0 saturated carbocycles. The van der Waals surface area contributed by atoms with Crippen molar-refractivity contribution in [2.24, 2.45) is 5.73 Å². The molecule has 1 unspecified atom stereocenters. The highest BCUT2D eigenvalue weighted by atomic mass is 14.9. The Morgan fingerprint density at radius 3 is 2.12 bits per heavy atom. The van der Waals surface area contributed by atoms with Crippen LogP contribution >= 0.6 is 0 Å². The van der Waals surface area contributed by atoms with Crippen LogP contribution in [-0.4, -0.2) is 19.1 Å². The van der Waals surface area contributed by atoms with Crippen LogP contribution in [0.3, 0.4) is 0 Å². The molecule has 0 radical (unpaired) electrons. The van der Waals surface area contributed by atoms with Crippen LogP contribution in [0.5, 0.6) is 0 Å². The van der Waals surface area contributed by atoms with Crippen molar-refractivity contribution in [3.8, 4) is 0 Å². The van der Waals surface area contributed by atoms with Gasteiger partial charge in [0.1, 0.15) is 0 Å². The van der Waals surface area contributed by atoms with Crippen molar-refractivity contribution < 1.29 is 0 Å². The van der Waals surface area contributed by atoms with Crippen molar-refractivity contribution in [2.75, 3.05) is 7.05 Å². The zero-order valence-electron chi connectivity index (χ0n) is 5.94. The number of hydrogen-bond acceptors (Lipinski definition) is 2. The van der Waals surface area contributed by atoms with Crippen molar-refractivity contribution in [3.63, 3.8) is 0 Å². The monoisotopic (exact) mass is 116 g/mol. The molecule has 2 nitrogen and oxygen atoms in total. The van der Waals surface area contributed by atoms with E-state index < -0.39 is 0 Å². The van der Waals surface area contributed by atoms with Crippen LogP contribution in [0.4, 0.5) is 0 Å². The van der Waals surface area contributed by atoms with E-state index in [1.165, 1.54) is 0 Å². The Kier molecular flexibility index (Phi) is 3.83. The summed E-state index contributed by atoms with van der Waals surface area (Å²) in [5, 5.41) is 3.12. The van der Waals surface area contributed by atoms with E-state index in [2.05, 4.69) is 12.2 Å². The Labute approximate surface area is 51.5 Å². The van der Waals surface area contributed by atoms with Gasteiger partial charge in [0.15, 0.2) is 0 Å². The Bertz CT molecular complexity index is 52.5. The average molecular weight is 116 g/mol. The molecule has 0 aromatic rings. The molecule has 2 heteroatoms. The Morgan fingerprint density at radius 2 is 2.00 bits per heavy atom. The summed E-state index contributed by atoms with van der Waals surface area (Å²) in [6, 6.07) is 0.868. The van der Waals surface area contributed by atoms with Gasteiger partial charge in [-0.2, -0.15) is 0 Å². The topological polar surface area (TPSA) is 38.0 Å². The maximum absolute atomic E-state index is 5.53. The van der Waals surface area contributed by atoms with E-state index in [1.54, 1.807) is 0 Å². The normalized spacial score (nSPS) is 18.0. The van der Waals surface area contributed by atoms with Crippen molar-refractivity contribution in [1.82, 2.24) is 5.32 Å². The van der Waals surface area contributed by atoms with Crippen LogP contribution in [0, 0.1) is 0 Å². The molecule has 8 heavy (non-hydrogen) atoms. The van der Waals surface area contributed by atoms with Crippen molar-refractivity contribution in [3.05, 3.63) is 0 Å². The van der Waals surface area contributed by atoms with Crippen LogP contribution in [0.1, 0.15) is 20.3 Å². The highest BCUT2D eigenvalue weighted by molar-refractivity contribution is 4.63. The van der Waals surface area contributed by atoms with Crippen molar-refractivity contribution in [1.29, 1.82) is 0 Å². The predicted molar refractivity (Wildman–Crippen MR) is 36.8 cm³/mol. The molecule has 0 spiro atoms. The van der Waals surface area contributed by atoms with Gasteiger partial charge in [0.05, 0.1) is 0 Å². The molecular weight excluding hydrogens is 100 g/mol. The Balaban J connectivity index is 3.10. The molecule has 0 rings (SSSR count). The quantitative estimate of drug-likeness (QED) is 0.557. The SMILES string of the molecule is CN[C@H](C)CC(C)N. The molecule has 0 bridgehead atoms. The third-order valence-electron chi connectivity index (χ3n) is 1.22. The zero-order chi connectivity index (χ0) is 6.57. The summed E-state index contributed by atoms with van der Waals surface area (Å²) in [7, 11) is 1.95. The van der Waals surface area contributed by atoms with E-state index in [1.807, 2.05) is 14.0 Å². The van der Waals surface area contributed by atoms with Gasteiger partial charge >= 0.3 is 0 Å². The second kappa shape index (κ2) is 3.87. The molecule has 3 N–H and O–H groups in total. The highest BCUT2D eigenvalue weighted by Crippen LogP contribution is 1.91. The summed E-state index contributed by atoms with van der Waals surface area (Å²) >= 11 is 0. The average Bonchev–Trinajstić information content (AvgIpc) is 1.65. The van der Waals surface area contributed by atoms with Crippen LogP contribution in [0.15, 0.2) is 0 Å². The van der Waals surface area contributed by atoms with Crippen LogP contribution in [-0.2, 0) is 0 Å². The third-order valence-corrected chi connectivity index (χ3v) is 1.22. The fourth-order valence-corrected chi connectivity index (χ4v) is 0.676. The summed E-state index contributed by atoms with van der Waals surface area (Å²) in [6.45, 7) is 4.15. The van der Waals surface area contributed by atoms with E-state index >= 15 is 0 Å². The molecule has 0 aromatic carbocycles. The number of nitrogens with one attached hydrogen (secondary N) is 1. The maximum atomic E-state index is 5.53. The molecular formula is C6H16N2. The molecule has 0 amide bonds. The van der Waals surface area contributed by atoms with Gasteiger partial charge in [-0.3, -0.25) is 0 Å². The molecule has 0 aliphatic rings. The van der Waals surface area contributed by atoms with Crippen LogP contribution in [0.25, 0.3) is 0 Å². The van der Waals surface area contributed by atoms with Gasteiger partial charge in [0.25, 0.3) is 0 Å². The van der Waals surface area contributed by atoms with E-state index in [0.29, 0.717) is 12.1 Å². The second-order valence-corrected chi connectivity index (χ2v) is 2.40. The first kappa shape index (κ1) is 7.92. The number of hydrogen-bond donors (Lipinski definition) is 2. The van der Waals surface area contributed by atoms with E-state index in [9.17, 15) is 0 Å². The standard InChI is InChI=1S/C6H16N2/c1-5(7)4-6(2)8-3/h5-6,8H,4,7H2,1-3H3/t5?,6-/m1/s1. The first-order chi connectivity index (χ1) is 3.66. The third kappa shape index (κ3) is 4.09. The van der Waals surface area contributed by atoms with Crippen molar-refractivity contribution in [2.45, 2.75) is 32.4 Å². The Morgan fingerprint density at radius 1 is 1.50 bits per heavy atom. The lowest BCUT2D eigenvalue weighted by Crippen LogP contribution is -2.29. The summed E-state index contributed by atoms with van der Waals surface area (Å²) in [5.41, 5.74) is 5.53. The summed E-state index contributed by atoms with van der Waals surface area (Å²) in [6.07, 6.45) is 1.05. The van der Waals surface area contributed by atoms with Gasteiger partial charge < -0.3 is 11.1 Å². The zero-order valence-corrected chi connectivity index (χ0v) is 5.94. The van der Waals surface area contributed by atoms with E-state index in [4.69, 9.17) is 5.73 Å². The van der Waals surface area contributed by atoms with Crippen LogP contribution < -0.4 is 11.1 Å². The molecule has 2 atom stereocenters. The minimum atomic E-state index is 0.317. The minimum absolute atomic E-state index is 0.317. The summed E-state index contributed by atoms with van der Waals surface area (Å²) < 4.78 is 0. The highest BCUT2D eigenvalue weighted by Gasteiger charge is 1.99. The van der Waals surface area contributed by atoms with Gasteiger partial charge in [0.2, 0.25) is 0 Å². The lowest BCUT2D eigenvalue weighted by Gasteiger charge is -2.11. The fraction of sp³-hybridized carbons (Fsp3) is 1.00. The van der Waals surface area contributed by atoms with Crippen molar-refractivity contribution >= 4 is 0 Å². The lowest BCUT2D eigenvalue weighted by atomic mass is 10.1. The molecule has 0 heterocycles. The molecule has 0 aliphatic carbocycles.